The molecule has 0 aliphatic heterocycles. The molecule has 2 rings (SSSR count). The number of rotatable bonds is 2. The Labute approximate surface area is 120 Å². The quantitative estimate of drug-likeness (QED) is 0.876. The predicted octanol–water partition coefficient (Wildman–Crippen LogP) is 3.88. The lowest BCUT2D eigenvalue weighted by Gasteiger charge is -2.29. The fourth-order valence-corrected chi connectivity index (χ4v) is 3.43. The molecule has 0 unspecified atom stereocenters. The zero-order valence-electron chi connectivity index (χ0n) is 11.1. The minimum atomic E-state index is -1.01. The van der Waals surface area contributed by atoms with Crippen molar-refractivity contribution in [3.63, 3.8) is 0 Å². The summed E-state index contributed by atoms with van der Waals surface area (Å²) in [5.74, 6) is 0. The number of benzene rings is 1. The van der Waals surface area contributed by atoms with Gasteiger partial charge < -0.3 is 0 Å². The van der Waals surface area contributed by atoms with Crippen molar-refractivity contribution in [2.75, 3.05) is 0 Å². The smallest absolute Gasteiger partial charge is 0.0975 e. The van der Waals surface area contributed by atoms with E-state index in [0.29, 0.717) is 0 Å². The fraction of sp³-hybridized carbons (Fsp3) is 0.571. The number of aryl methyl sites for hydroxylation is 1. The Kier molecular flexibility index (Phi) is 4.29. The van der Waals surface area contributed by atoms with E-state index in [0.717, 1.165) is 23.7 Å². The highest BCUT2D eigenvalue weighted by molar-refractivity contribution is 9.10. The number of hydrogen-bond donors (Lipinski definition) is 1. The molecule has 2 nitrogen and oxygen atoms in total. The Morgan fingerprint density at radius 1 is 1.39 bits per heavy atom. The number of halogens is 1. The molecule has 0 saturated carbocycles. The van der Waals surface area contributed by atoms with Gasteiger partial charge in [-0.25, -0.2) is 8.93 Å². The second-order valence-electron chi connectivity index (χ2n) is 5.79. The van der Waals surface area contributed by atoms with E-state index in [4.69, 9.17) is 0 Å². The first-order chi connectivity index (χ1) is 8.38. The van der Waals surface area contributed by atoms with E-state index in [1.165, 1.54) is 11.1 Å². The third kappa shape index (κ3) is 3.22. The second kappa shape index (κ2) is 5.43. The number of nitrogens with one attached hydrogen (secondary N) is 1. The van der Waals surface area contributed by atoms with Crippen molar-refractivity contribution in [2.45, 2.75) is 50.8 Å². The maximum absolute atomic E-state index is 12.2. The summed E-state index contributed by atoms with van der Waals surface area (Å²) in [7, 11) is -1.01. The molecule has 2 atom stereocenters. The average Bonchev–Trinajstić information content (AvgIpc) is 2.28. The molecular formula is C14H20BrNOS. The van der Waals surface area contributed by atoms with Crippen LogP contribution in [-0.4, -0.2) is 8.96 Å². The van der Waals surface area contributed by atoms with Gasteiger partial charge in [-0.1, -0.05) is 22.0 Å². The van der Waals surface area contributed by atoms with Gasteiger partial charge in [0.25, 0.3) is 0 Å². The monoisotopic (exact) mass is 329 g/mol. The molecule has 1 N–H and O–H groups in total. The minimum Gasteiger partial charge on any atom is -0.242 e. The molecular weight excluding hydrogens is 310 g/mol. The van der Waals surface area contributed by atoms with Crippen LogP contribution in [0.4, 0.5) is 0 Å². The summed E-state index contributed by atoms with van der Waals surface area (Å²) in [6, 6.07) is 6.63. The molecule has 1 aliphatic carbocycles. The fourth-order valence-electron chi connectivity index (χ4n) is 2.20. The largest absolute Gasteiger partial charge is 0.242 e. The van der Waals surface area contributed by atoms with E-state index in [1.807, 2.05) is 20.8 Å². The topological polar surface area (TPSA) is 29.1 Å². The number of hydrogen-bond acceptors (Lipinski definition) is 1. The van der Waals surface area contributed by atoms with Gasteiger partial charge in [0.15, 0.2) is 0 Å². The molecule has 0 saturated heterocycles. The zero-order valence-corrected chi connectivity index (χ0v) is 13.5. The van der Waals surface area contributed by atoms with Gasteiger partial charge in [-0.2, -0.15) is 0 Å². The zero-order chi connectivity index (χ0) is 13.3. The molecule has 0 aromatic heterocycles. The highest BCUT2D eigenvalue weighted by Gasteiger charge is 2.26. The van der Waals surface area contributed by atoms with Crippen LogP contribution in [0.3, 0.4) is 0 Å². The standard InChI is InChI=1S/C14H20BrNOS/c1-14(2,3)18(17)16-13-6-4-5-10-7-8-11(15)9-12(10)13/h7-9,13,16H,4-6H2,1-3H3/t13-,18-/m1/s1. The molecule has 1 aromatic carbocycles. The highest BCUT2D eigenvalue weighted by atomic mass is 79.9. The Morgan fingerprint density at radius 3 is 2.78 bits per heavy atom. The molecule has 100 valence electrons. The van der Waals surface area contributed by atoms with Gasteiger partial charge >= 0.3 is 0 Å². The molecule has 0 radical (unpaired) electrons. The first-order valence-electron chi connectivity index (χ1n) is 6.34. The van der Waals surface area contributed by atoms with Crippen LogP contribution in [0.1, 0.15) is 50.8 Å². The van der Waals surface area contributed by atoms with Gasteiger partial charge in [0, 0.05) is 10.5 Å². The van der Waals surface area contributed by atoms with Gasteiger partial charge in [0.2, 0.25) is 0 Å². The molecule has 1 aromatic rings. The summed E-state index contributed by atoms with van der Waals surface area (Å²) in [6.45, 7) is 6.00. The van der Waals surface area contributed by atoms with Gasteiger partial charge in [-0.3, -0.25) is 0 Å². The summed E-state index contributed by atoms with van der Waals surface area (Å²) in [4.78, 5) is 0. The van der Waals surface area contributed by atoms with Crippen molar-refractivity contribution in [2.24, 2.45) is 0 Å². The summed E-state index contributed by atoms with van der Waals surface area (Å²) in [5, 5.41) is 0. The maximum atomic E-state index is 12.2. The van der Waals surface area contributed by atoms with E-state index >= 15 is 0 Å². The van der Waals surface area contributed by atoms with E-state index in [2.05, 4.69) is 38.9 Å². The van der Waals surface area contributed by atoms with Gasteiger partial charge in [-0.05, 0) is 63.3 Å². The van der Waals surface area contributed by atoms with Crippen molar-refractivity contribution in [1.29, 1.82) is 0 Å². The Bertz CT molecular complexity index is 467. The molecule has 0 heterocycles. The van der Waals surface area contributed by atoms with Crippen molar-refractivity contribution < 1.29 is 4.21 Å². The minimum absolute atomic E-state index is 0.214. The predicted molar refractivity (Wildman–Crippen MR) is 80.9 cm³/mol. The molecule has 18 heavy (non-hydrogen) atoms. The molecule has 0 amide bonds. The van der Waals surface area contributed by atoms with Crippen LogP contribution < -0.4 is 4.72 Å². The maximum Gasteiger partial charge on any atom is 0.0975 e. The van der Waals surface area contributed by atoms with E-state index in [9.17, 15) is 4.21 Å². The lowest BCUT2D eigenvalue weighted by molar-refractivity contribution is 0.523. The van der Waals surface area contributed by atoms with E-state index < -0.39 is 11.0 Å². The van der Waals surface area contributed by atoms with Crippen molar-refractivity contribution in [3.8, 4) is 0 Å². The van der Waals surface area contributed by atoms with Crippen molar-refractivity contribution >= 4 is 26.9 Å². The van der Waals surface area contributed by atoms with Gasteiger partial charge in [0.05, 0.1) is 15.7 Å². The lowest BCUT2D eigenvalue weighted by Crippen LogP contribution is -2.36. The summed E-state index contributed by atoms with van der Waals surface area (Å²) >= 11 is 3.52. The van der Waals surface area contributed by atoms with Crippen LogP contribution in [0.15, 0.2) is 22.7 Å². The van der Waals surface area contributed by atoms with Crippen LogP contribution in [0.5, 0.6) is 0 Å². The van der Waals surface area contributed by atoms with Crippen LogP contribution in [0, 0.1) is 0 Å². The van der Waals surface area contributed by atoms with E-state index in [-0.39, 0.29) is 10.8 Å². The highest BCUT2D eigenvalue weighted by Crippen LogP contribution is 2.32. The van der Waals surface area contributed by atoms with Crippen LogP contribution in [0.2, 0.25) is 0 Å². The SMILES string of the molecule is CC(C)(C)[S@@](=O)N[C@@H]1CCCc2ccc(Br)cc21. The van der Waals surface area contributed by atoms with Crippen molar-refractivity contribution in [1.82, 2.24) is 4.72 Å². The first kappa shape index (κ1) is 14.2. The van der Waals surface area contributed by atoms with Crippen molar-refractivity contribution in [3.05, 3.63) is 33.8 Å². The second-order valence-corrected chi connectivity index (χ2v) is 8.70. The normalized spacial score (nSPS) is 21.4. The molecule has 0 fully saturated rings. The Morgan fingerprint density at radius 2 is 2.11 bits per heavy atom. The molecule has 4 heteroatoms. The van der Waals surface area contributed by atoms with Crippen LogP contribution in [0.25, 0.3) is 0 Å². The van der Waals surface area contributed by atoms with Gasteiger partial charge in [0.1, 0.15) is 0 Å². The number of fused-ring (bicyclic) bond motifs is 1. The van der Waals surface area contributed by atoms with E-state index in [1.54, 1.807) is 0 Å². The molecule has 1 aliphatic rings. The summed E-state index contributed by atoms with van der Waals surface area (Å²) in [5.41, 5.74) is 2.68. The van der Waals surface area contributed by atoms with Crippen LogP contribution >= 0.6 is 15.9 Å². The lowest BCUT2D eigenvalue weighted by atomic mass is 9.88. The molecule has 0 spiro atoms. The van der Waals surface area contributed by atoms with Gasteiger partial charge in [-0.15, -0.1) is 0 Å². The third-order valence-corrected chi connectivity index (χ3v) is 5.33. The van der Waals surface area contributed by atoms with Crippen LogP contribution in [-0.2, 0) is 17.4 Å². The summed E-state index contributed by atoms with van der Waals surface area (Å²) in [6.07, 6.45) is 3.35. The molecule has 0 bridgehead atoms. The Balaban J connectivity index is 2.22. The summed E-state index contributed by atoms with van der Waals surface area (Å²) < 4.78 is 16.4. The average molecular weight is 330 g/mol. The first-order valence-corrected chi connectivity index (χ1v) is 8.28. The third-order valence-electron chi connectivity index (χ3n) is 3.23. The Hall–Kier alpha value is -0.190.